The molecule has 0 radical (unpaired) electrons. The molecule has 1 fully saturated rings. The van der Waals surface area contributed by atoms with Gasteiger partial charge in [-0.3, -0.25) is 10.1 Å². The summed E-state index contributed by atoms with van der Waals surface area (Å²) in [5, 5.41) is 3.01. The van der Waals surface area contributed by atoms with Gasteiger partial charge < -0.3 is 9.47 Å². The SMILES string of the molecule is C#CCNC1(C(=O)OC)CC(OC)C1. The fourth-order valence-corrected chi connectivity index (χ4v) is 1.68. The van der Waals surface area contributed by atoms with Gasteiger partial charge in [-0.05, 0) is 0 Å². The Morgan fingerprint density at radius 1 is 1.64 bits per heavy atom. The molecule has 0 aromatic carbocycles. The summed E-state index contributed by atoms with van der Waals surface area (Å²) in [7, 11) is 3.01. The van der Waals surface area contributed by atoms with Crippen molar-refractivity contribution in [1.82, 2.24) is 5.32 Å². The Morgan fingerprint density at radius 3 is 2.71 bits per heavy atom. The lowest BCUT2D eigenvalue weighted by Crippen LogP contribution is -2.63. The van der Waals surface area contributed by atoms with E-state index in [1.54, 1.807) is 7.11 Å². The molecule has 0 amide bonds. The topological polar surface area (TPSA) is 47.6 Å². The maximum absolute atomic E-state index is 11.5. The largest absolute Gasteiger partial charge is 0.468 e. The van der Waals surface area contributed by atoms with Crippen molar-refractivity contribution in [1.29, 1.82) is 0 Å². The minimum atomic E-state index is -0.623. The minimum Gasteiger partial charge on any atom is -0.468 e. The van der Waals surface area contributed by atoms with E-state index in [1.807, 2.05) is 0 Å². The number of rotatable bonds is 4. The van der Waals surface area contributed by atoms with E-state index in [4.69, 9.17) is 15.9 Å². The van der Waals surface area contributed by atoms with Gasteiger partial charge in [-0.2, -0.15) is 0 Å². The van der Waals surface area contributed by atoms with Gasteiger partial charge in [0.2, 0.25) is 0 Å². The van der Waals surface area contributed by atoms with Crippen LogP contribution in [0.3, 0.4) is 0 Å². The molecule has 78 valence electrons. The molecule has 0 aromatic heterocycles. The van der Waals surface area contributed by atoms with Gasteiger partial charge in [-0.1, -0.05) is 5.92 Å². The third kappa shape index (κ3) is 1.89. The lowest BCUT2D eigenvalue weighted by atomic mass is 9.74. The van der Waals surface area contributed by atoms with Crippen molar-refractivity contribution < 1.29 is 14.3 Å². The van der Waals surface area contributed by atoms with Crippen LogP contribution in [0.5, 0.6) is 0 Å². The Morgan fingerprint density at radius 2 is 2.29 bits per heavy atom. The number of methoxy groups -OCH3 is 2. The highest BCUT2D eigenvalue weighted by molar-refractivity contribution is 5.82. The maximum atomic E-state index is 11.5. The van der Waals surface area contributed by atoms with E-state index in [0.29, 0.717) is 19.4 Å². The van der Waals surface area contributed by atoms with E-state index < -0.39 is 5.54 Å². The van der Waals surface area contributed by atoms with Gasteiger partial charge in [0.05, 0.1) is 19.8 Å². The molecule has 0 aliphatic heterocycles. The van der Waals surface area contributed by atoms with Crippen molar-refractivity contribution >= 4 is 5.97 Å². The second kappa shape index (κ2) is 4.45. The molecular weight excluding hydrogens is 182 g/mol. The van der Waals surface area contributed by atoms with Crippen LogP contribution < -0.4 is 5.32 Å². The molecule has 1 saturated carbocycles. The zero-order chi connectivity index (χ0) is 10.6. The predicted octanol–water partition coefficient (Wildman–Crippen LogP) is -0.0702. The van der Waals surface area contributed by atoms with Crippen molar-refractivity contribution in [2.45, 2.75) is 24.5 Å². The molecule has 1 aliphatic rings. The van der Waals surface area contributed by atoms with Gasteiger partial charge in [-0.15, -0.1) is 6.42 Å². The molecule has 0 saturated heterocycles. The quantitative estimate of drug-likeness (QED) is 0.506. The van der Waals surface area contributed by atoms with Crippen LogP contribution in [0.4, 0.5) is 0 Å². The number of hydrogen-bond acceptors (Lipinski definition) is 4. The molecular formula is C10H15NO3. The number of ether oxygens (including phenoxy) is 2. The molecule has 4 nitrogen and oxygen atoms in total. The molecule has 0 atom stereocenters. The minimum absolute atomic E-state index is 0.124. The molecule has 1 N–H and O–H groups in total. The van der Waals surface area contributed by atoms with Gasteiger partial charge in [0, 0.05) is 20.0 Å². The lowest BCUT2D eigenvalue weighted by Gasteiger charge is -2.44. The summed E-state index contributed by atoms with van der Waals surface area (Å²) < 4.78 is 9.84. The number of carbonyl (C=O) groups is 1. The molecule has 4 heteroatoms. The maximum Gasteiger partial charge on any atom is 0.326 e. The molecule has 0 spiro atoms. The highest BCUT2D eigenvalue weighted by Crippen LogP contribution is 2.35. The van der Waals surface area contributed by atoms with Crippen LogP contribution in [-0.4, -0.2) is 38.4 Å². The molecule has 14 heavy (non-hydrogen) atoms. The Labute approximate surface area is 84.0 Å². The van der Waals surface area contributed by atoms with E-state index in [-0.39, 0.29) is 12.1 Å². The van der Waals surface area contributed by atoms with Crippen molar-refractivity contribution in [3.05, 3.63) is 0 Å². The average Bonchev–Trinajstić information content (AvgIpc) is 2.16. The third-order valence-corrected chi connectivity index (χ3v) is 2.59. The predicted molar refractivity (Wildman–Crippen MR) is 51.6 cm³/mol. The second-order valence-electron chi connectivity index (χ2n) is 3.40. The van der Waals surface area contributed by atoms with E-state index in [2.05, 4.69) is 11.2 Å². The van der Waals surface area contributed by atoms with Crippen LogP contribution in [0, 0.1) is 12.3 Å². The first kappa shape index (κ1) is 11.0. The van der Waals surface area contributed by atoms with E-state index >= 15 is 0 Å². The summed E-state index contributed by atoms with van der Waals surface area (Å²) in [5.41, 5.74) is -0.623. The summed E-state index contributed by atoms with van der Waals surface area (Å²) in [6, 6.07) is 0. The van der Waals surface area contributed by atoms with Crippen molar-refractivity contribution in [2.75, 3.05) is 20.8 Å². The Bertz CT molecular complexity index is 251. The van der Waals surface area contributed by atoms with Gasteiger partial charge in [0.15, 0.2) is 0 Å². The molecule has 0 unspecified atom stereocenters. The summed E-state index contributed by atoms with van der Waals surface area (Å²) in [6.07, 6.45) is 6.50. The third-order valence-electron chi connectivity index (χ3n) is 2.59. The standard InChI is InChI=1S/C10H15NO3/c1-4-5-11-10(9(12)14-3)6-8(7-10)13-2/h1,8,11H,5-7H2,2-3H3. The molecule has 0 bridgehead atoms. The summed E-state index contributed by atoms with van der Waals surface area (Å²) >= 11 is 0. The molecule has 1 aliphatic carbocycles. The highest BCUT2D eigenvalue weighted by Gasteiger charge is 2.51. The Kier molecular flexibility index (Phi) is 3.50. The van der Waals surface area contributed by atoms with E-state index in [1.165, 1.54) is 7.11 Å². The molecule has 0 aromatic rings. The number of carbonyl (C=O) groups excluding carboxylic acids is 1. The molecule has 0 heterocycles. The average molecular weight is 197 g/mol. The first-order valence-corrected chi connectivity index (χ1v) is 4.48. The second-order valence-corrected chi connectivity index (χ2v) is 3.40. The van der Waals surface area contributed by atoms with Crippen LogP contribution in [0.1, 0.15) is 12.8 Å². The van der Waals surface area contributed by atoms with Gasteiger partial charge in [0.25, 0.3) is 0 Å². The van der Waals surface area contributed by atoms with Gasteiger partial charge in [0.1, 0.15) is 5.54 Å². The van der Waals surface area contributed by atoms with Crippen LogP contribution in [0.2, 0.25) is 0 Å². The van der Waals surface area contributed by atoms with Crippen molar-refractivity contribution in [3.63, 3.8) is 0 Å². The number of nitrogens with one attached hydrogen (secondary N) is 1. The Balaban J connectivity index is 2.56. The summed E-state index contributed by atoms with van der Waals surface area (Å²) in [5.74, 6) is 2.18. The van der Waals surface area contributed by atoms with Crippen molar-refractivity contribution in [2.24, 2.45) is 0 Å². The van der Waals surface area contributed by atoms with Gasteiger partial charge >= 0.3 is 5.97 Å². The molecule has 1 rings (SSSR count). The van der Waals surface area contributed by atoms with Crippen LogP contribution in [-0.2, 0) is 14.3 Å². The van der Waals surface area contributed by atoms with E-state index in [0.717, 1.165) is 0 Å². The number of terminal acetylenes is 1. The lowest BCUT2D eigenvalue weighted by molar-refractivity contribution is -0.159. The van der Waals surface area contributed by atoms with Crippen LogP contribution in [0.15, 0.2) is 0 Å². The zero-order valence-corrected chi connectivity index (χ0v) is 8.50. The summed E-state index contributed by atoms with van der Waals surface area (Å²) in [6.45, 7) is 0.367. The fourth-order valence-electron chi connectivity index (χ4n) is 1.68. The number of hydrogen-bond donors (Lipinski definition) is 1. The van der Waals surface area contributed by atoms with E-state index in [9.17, 15) is 4.79 Å². The first-order chi connectivity index (χ1) is 6.68. The van der Waals surface area contributed by atoms with Crippen LogP contribution >= 0.6 is 0 Å². The number of esters is 1. The Hall–Kier alpha value is -1.05. The van der Waals surface area contributed by atoms with Gasteiger partial charge in [-0.25, -0.2) is 0 Å². The monoisotopic (exact) mass is 197 g/mol. The van der Waals surface area contributed by atoms with Crippen molar-refractivity contribution in [3.8, 4) is 12.3 Å². The first-order valence-electron chi connectivity index (χ1n) is 4.48. The highest BCUT2D eigenvalue weighted by atomic mass is 16.5. The van der Waals surface area contributed by atoms with Crippen LogP contribution in [0.25, 0.3) is 0 Å². The smallest absolute Gasteiger partial charge is 0.326 e. The summed E-state index contributed by atoms with van der Waals surface area (Å²) in [4.78, 5) is 11.5. The fraction of sp³-hybridized carbons (Fsp3) is 0.700. The normalized spacial score (nSPS) is 30.2. The zero-order valence-electron chi connectivity index (χ0n) is 8.50.